The van der Waals surface area contributed by atoms with Crippen LogP contribution in [0.25, 0.3) is 5.69 Å². The normalized spacial score (nSPS) is 11.2. The molecule has 0 saturated heterocycles. The molecule has 0 saturated carbocycles. The van der Waals surface area contributed by atoms with Crippen molar-refractivity contribution < 1.29 is 17.9 Å². The van der Waals surface area contributed by atoms with Crippen LogP contribution >= 0.6 is 0 Å². The van der Waals surface area contributed by atoms with Gasteiger partial charge in [0.15, 0.2) is 0 Å². The first-order valence-corrected chi connectivity index (χ1v) is 10.1. The van der Waals surface area contributed by atoms with E-state index in [0.29, 0.717) is 12.3 Å². The summed E-state index contributed by atoms with van der Waals surface area (Å²) < 4.78 is 35.0. The maximum atomic E-state index is 12.7. The summed E-state index contributed by atoms with van der Waals surface area (Å²) in [5.41, 5.74) is 6.56. The zero-order valence-corrected chi connectivity index (χ0v) is 16.0. The van der Waals surface area contributed by atoms with Gasteiger partial charge in [-0.05, 0) is 55.0 Å². The number of hydrogen-bond donors (Lipinski definition) is 2. The van der Waals surface area contributed by atoms with Crippen LogP contribution in [-0.4, -0.2) is 30.7 Å². The van der Waals surface area contributed by atoms with E-state index in [-0.39, 0.29) is 16.2 Å². The van der Waals surface area contributed by atoms with Gasteiger partial charge >= 0.3 is 0 Å². The van der Waals surface area contributed by atoms with Gasteiger partial charge in [-0.25, -0.2) is 13.1 Å². The Bertz CT molecular complexity index is 1060. The molecule has 1 amide bonds. The van der Waals surface area contributed by atoms with Gasteiger partial charge in [0.1, 0.15) is 5.75 Å². The molecule has 9 heteroatoms. The fourth-order valence-electron chi connectivity index (χ4n) is 2.52. The number of carbonyl (C=O) groups is 1. The zero-order valence-electron chi connectivity index (χ0n) is 15.2. The second-order valence-electron chi connectivity index (χ2n) is 5.97. The van der Waals surface area contributed by atoms with Crippen LogP contribution in [0.4, 0.5) is 5.69 Å². The second kappa shape index (κ2) is 8.13. The molecule has 3 N–H and O–H groups in total. The number of nitrogens with one attached hydrogen (secondary N) is 1. The van der Waals surface area contributed by atoms with E-state index in [0.717, 1.165) is 12.1 Å². The predicted molar refractivity (Wildman–Crippen MR) is 105 cm³/mol. The number of benzene rings is 2. The van der Waals surface area contributed by atoms with Crippen LogP contribution in [0.15, 0.2) is 65.8 Å². The summed E-state index contributed by atoms with van der Waals surface area (Å²) in [4.78, 5) is 11.6. The van der Waals surface area contributed by atoms with Crippen LogP contribution in [0.5, 0.6) is 5.75 Å². The highest BCUT2D eigenvalue weighted by molar-refractivity contribution is 7.92. The van der Waals surface area contributed by atoms with Gasteiger partial charge in [-0.15, -0.1) is 0 Å². The number of aromatic nitrogens is 2. The van der Waals surface area contributed by atoms with Gasteiger partial charge in [0.2, 0.25) is 0 Å². The molecule has 0 aliphatic carbocycles. The van der Waals surface area contributed by atoms with Crippen molar-refractivity contribution in [3.8, 4) is 11.4 Å². The summed E-state index contributed by atoms with van der Waals surface area (Å²) >= 11 is 0. The van der Waals surface area contributed by atoms with Crippen LogP contribution in [0, 0.1) is 0 Å². The summed E-state index contributed by atoms with van der Waals surface area (Å²) in [6, 6.07) is 12.5. The van der Waals surface area contributed by atoms with E-state index in [1.54, 1.807) is 47.4 Å². The molecule has 0 aliphatic heterocycles. The Kier molecular flexibility index (Phi) is 5.65. The van der Waals surface area contributed by atoms with E-state index < -0.39 is 15.9 Å². The van der Waals surface area contributed by atoms with Gasteiger partial charge in [0.05, 0.1) is 22.8 Å². The largest absolute Gasteiger partial charge is 0.493 e. The van der Waals surface area contributed by atoms with E-state index in [1.165, 1.54) is 18.2 Å². The molecule has 0 spiro atoms. The van der Waals surface area contributed by atoms with Crippen LogP contribution in [0.3, 0.4) is 0 Å². The Balaban J connectivity index is 1.84. The number of carbonyl (C=O) groups excluding carboxylic acids is 1. The number of ether oxygens (including phenoxy) is 1. The highest BCUT2D eigenvalue weighted by Gasteiger charge is 2.19. The second-order valence-corrected chi connectivity index (χ2v) is 7.66. The smallest absolute Gasteiger partial charge is 0.261 e. The number of hydrogen-bond acceptors (Lipinski definition) is 5. The highest BCUT2D eigenvalue weighted by atomic mass is 32.2. The molecule has 1 heterocycles. The maximum Gasteiger partial charge on any atom is 0.261 e. The summed E-state index contributed by atoms with van der Waals surface area (Å²) in [7, 11) is -3.91. The molecule has 8 nitrogen and oxygen atoms in total. The molecule has 0 aliphatic rings. The standard InChI is InChI=1S/C19H20N4O4S/c1-2-12-27-18-9-8-16(13-17(18)19(20)24)28(25,26)22-14-4-6-15(7-5-14)23-11-3-10-21-23/h3-11,13,22H,2,12H2,1H3,(H2,20,24). The lowest BCUT2D eigenvalue weighted by Gasteiger charge is -2.12. The molecule has 146 valence electrons. The first-order valence-electron chi connectivity index (χ1n) is 8.60. The molecule has 2 aromatic carbocycles. The van der Waals surface area contributed by atoms with Crippen molar-refractivity contribution in [2.24, 2.45) is 5.73 Å². The molecule has 0 radical (unpaired) electrons. The number of rotatable bonds is 8. The number of amides is 1. The molecule has 0 atom stereocenters. The Labute approximate surface area is 163 Å². The third-order valence-corrected chi connectivity index (χ3v) is 5.26. The minimum absolute atomic E-state index is 0.0188. The number of anilines is 1. The lowest BCUT2D eigenvalue weighted by molar-refractivity contribution is 0.0996. The third kappa shape index (κ3) is 4.32. The number of primary amides is 1. The van der Waals surface area contributed by atoms with Crippen molar-refractivity contribution in [2.75, 3.05) is 11.3 Å². The maximum absolute atomic E-state index is 12.7. The van der Waals surface area contributed by atoms with Crippen LogP contribution in [-0.2, 0) is 10.0 Å². The first kappa shape index (κ1) is 19.4. The fraction of sp³-hybridized carbons (Fsp3) is 0.158. The lowest BCUT2D eigenvalue weighted by Crippen LogP contribution is -2.17. The highest BCUT2D eigenvalue weighted by Crippen LogP contribution is 2.24. The Morgan fingerprint density at radius 1 is 1.21 bits per heavy atom. The van der Waals surface area contributed by atoms with Crippen molar-refractivity contribution in [3.05, 3.63) is 66.5 Å². The van der Waals surface area contributed by atoms with Gasteiger partial charge < -0.3 is 10.5 Å². The lowest BCUT2D eigenvalue weighted by atomic mass is 10.2. The summed E-state index contributed by atoms with van der Waals surface area (Å²) in [5.74, 6) is -0.497. The number of sulfonamides is 1. The number of nitrogens with zero attached hydrogens (tertiary/aromatic N) is 2. The molecular formula is C19H20N4O4S. The third-order valence-electron chi connectivity index (χ3n) is 3.88. The molecule has 1 aromatic heterocycles. The van der Waals surface area contributed by atoms with E-state index in [9.17, 15) is 13.2 Å². The monoisotopic (exact) mass is 400 g/mol. The molecule has 3 rings (SSSR count). The van der Waals surface area contributed by atoms with Gasteiger partial charge in [-0.1, -0.05) is 6.92 Å². The minimum atomic E-state index is -3.91. The average molecular weight is 400 g/mol. The summed E-state index contributed by atoms with van der Waals surface area (Å²) in [6.07, 6.45) is 4.18. The molecule has 0 unspecified atom stereocenters. The van der Waals surface area contributed by atoms with Crippen molar-refractivity contribution in [1.82, 2.24) is 9.78 Å². The summed E-state index contributed by atoms with van der Waals surface area (Å²) in [5, 5.41) is 4.12. The van der Waals surface area contributed by atoms with Crippen molar-refractivity contribution in [1.29, 1.82) is 0 Å². The van der Waals surface area contributed by atoms with Gasteiger partial charge in [-0.3, -0.25) is 9.52 Å². The van der Waals surface area contributed by atoms with E-state index in [2.05, 4.69) is 9.82 Å². The average Bonchev–Trinajstić information content (AvgIpc) is 3.21. The van der Waals surface area contributed by atoms with Gasteiger partial charge in [-0.2, -0.15) is 5.10 Å². The molecule has 3 aromatic rings. The zero-order chi connectivity index (χ0) is 20.1. The van der Waals surface area contributed by atoms with Crippen LogP contribution in [0.2, 0.25) is 0 Å². The van der Waals surface area contributed by atoms with Crippen LogP contribution < -0.4 is 15.2 Å². The topological polar surface area (TPSA) is 116 Å². The van der Waals surface area contributed by atoms with Gasteiger partial charge in [0.25, 0.3) is 15.9 Å². The van der Waals surface area contributed by atoms with E-state index in [1.807, 2.05) is 6.92 Å². The fourth-order valence-corrected chi connectivity index (χ4v) is 3.61. The first-order chi connectivity index (χ1) is 13.4. The molecule has 0 fully saturated rings. The molecule has 28 heavy (non-hydrogen) atoms. The van der Waals surface area contributed by atoms with Crippen molar-refractivity contribution in [3.63, 3.8) is 0 Å². The van der Waals surface area contributed by atoms with Crippen LogP contribution in [0.1, 0.15) is 23.7 Å². The minimum Gasteiger partial charge on any atom is -0.493 e. The van der Waals surface area contributed by atoms with Crippen molar-refractivity contribution >= 4 is 21.6 Å². The van der Waals surface area contributed by atoms with E-state index in [4.69, 9.17) is 10.5 Å². The summed E-state index contributed by atoms with van der Waals surface area (Å²) in [6.45, 7) is 2.32. The van der Waals surface area contributed by atoms with Crippen molar-refractivity contribution in [2.45, 2.75) is 18.2 Å². The Morgan fingerprint density at radius 2 is 1.96 bits per heavy atom. The Hall–Kier alpha value is -3.33. The Morgan fingerprint density at radius 3 is 2.57 bits per heavy atom. The predicted octanol–water partition coefficient (Wildman–Crippen LogP) is 2.56. The quantitative estimate of drug-likeness (QED) is 0.603. The molecule has 0 bridgehead atoms. The number of nitrogens with two attached hydrogens (primary N) is 1. The SMILES string of the molecule is CCCOc1ccc(S(=O)(=O)Nc2ccc(-n3cccn3)cc2)cc1C(N)=O. The van der Waals surface area contributed by atoms with Gasteiger partial charge in [0, 0.05) is 18.1 Å². The van der Waals surface area contributed by atoms with E-state index >= 15 is 0 Å². The molecular weight excluding hydrogens is 380 g/mol.